The van der Waals surface area contributed by atoms with Crippen LogP contribution < -0.4 is 4.90 Å². The van der Waals surface area contributed by atoms with E-state index in [4.69, 9.17) is 4.98 Å². The van der Waals surface area contributed by atoms with Crippen molar-refractivity contribution >= 4 is 28.4 Å². The van der Waals surface area contributed by atoms with Crippen LogP contribution in [0.4, 0.5) is 17.3 Å². The van der Waals surface area contributed by atoms with E-state index in [1.165, 1.54) is 0 Å². The number of fused-ring (bicyclic) bond motifs is 1. The molecule has 1 heterocycles. The van der Waals surface area contributed by atoms with Crippen molar-refractivity contribution in [2.45, 2.75) is 0 Å². The molecule has 3 nitrogen and oxygen atoms in total. The average molecular weight is 361 g/mol. The Hall–Kier alpha value is -3.85. The first kappa shape index (κ1) is 16.3. The zero-order valence-corrected chi connectivity index (χ0v) is 15.3. The number of benzene rings is 4. The summed E-state index contributed by atoms with van der Waals surface area (Å²) in [7, 11) is 0. The van der Waals surface area contributed by atoms with Crippen LogP contribution in [0.1, 0.15) is 0 Å². The molecule has 0 aliphatic carbocycles. The SMILES string of the molecule is c1ccc(N(c2ccccc2)c2nc3ccccc3n2-c2ccccc2)cc1. The molecule has 0 fully saturated rings. The van der Waals surface area contributed by atoms with Gasteiger partial charge in [-0.2, -0.15) is 0 Å². The number of anilines is 3. The molecular formula is C25H19N3. The summed E-state index contributed by atoms with van der Waals surface area (Å²) in [5.41, 5.74) is 5.28. The van der Waals surface area contributed by atoms with Crippen molar-refractivity contribution in [3.05, 3.63) is 115 Å². The van der Waals surface area contributed by atoms with Gasteiger partial charge in [-0.15, -0.1) is 0 Å². The molecule has 5 rings (SSSR count). The van der Waals surface area contributed by atoms with E-state index in [-0.39, 0.29) is 0 Å². The van der Waals surface area contributed by atoms with Gasteiger partial charge in [0.15, 0.2) is 0 Å². The van der Waals surface area contributed by atoms with Crippen molar-refractivity contribution in [2.24, 2.45) is 0 Å². The minimum Gasteiger partial charge on any atom is -0.280 e. The summed E-state index contributed by atoms with van der Waals surface area (Å²) in [5.74, 6) is 0.866. The zero-order chi connectivity index (χ0) is 18.8. The summed E-state index contributed by atoms with van der Waals surface area (Å²) in [6, 6.07) is 39.4. The molecule has 0 spiro atoms. The molecule has 0 aliphatic rings. The van der Waals surface area contributed by atoms with E-state index in [9.17, 15) is 0 Å². The molecule has 0 saturated heterocycles. The number of aromatic nitrogens is 2. The van der Waals surface area contributed by atoms with Crippen LogP contribution in [0.3, 0.4) is 0 Å². The van der Waals surface area contributed by atoms with E-state index in [0.717, 1.165) is 34.0 Å². The van der Waals surface area contributed by atoms with Gasteiger partial charge in [0.05, 0.1) is 11.0 Å². The van der Waals surface area contributed by atoms with E-state index >= 15 is 0 Å². The monoisotopic (exact) mass is 361 g/mol. The molecule has 0 N–H and O–H groups in total. The smallest absolute Gasteiger partial charge is 0.220 e. The van der Waals surface area contributed by atoms with Gasteiger partial charge in [-0.25, -0.2) is 4.98 Å². The third kappa shape index (κ3) is 2.83. The minimum atomic E-state index is 0.866. The summed E-state index contributed by atoms with van der Waals surface area (Å²) in [6.07, 6.45) is 0. The highest BCUT2D eigenvalue weighted by atomic mass is 15.3. The van der Waals surface area contributed by atoms with Gasteiger partial charge in [-0.05, 0) is 48.5 Å². The van der Waals surface area contributed by atoms with Crippen LogP contribution in [-0.2, 0) is 0 Å². The summed E-state index contributed by atoms with van der Waals surface area (Å²) in [6.45, 7) is 0. The molecule has 1 aromatic heterocycles. The summed E-state index contributed by atoms with van der Waals surface area (Å²) >= 11 is 0. The van der Waals surface area contributed by atoms with Crippen molar-refractivity contribution in [3.63, 3.8) is 0 Å². The van der Waals surface area contributed by atoms with Gasteiger partial charge in [-0.1, -0.05) is 66.7 Å². The molecule has 5 aromatic rings. The molecule has 3 heteroatoms. The number of hydrogen-bond acceptors (Lipinski definition) is 2. The van der Waals surface area contributed by atoms with E-state index in [2.05, 4.69) is 100 Å². The van der Waals surface area contributed by atoms with Crippen molar-refractivity contribution in [3.8, 4) is 5.69 Å². The number of imidazole rings is 1. The van der Waals surface area contributed by atoms with Crippen molar-refractivity contribution in [1.82, 2.24) is 9.55 Å². The fraction of sp³-hybridized carbons (Fsp3) is 0. The van der Waals surface area contributed by atoms with Gasteiger partial charge < -0.3 is 0 Å². The predicted molar refractivity (Wildman–Crippen MR) is 116 cm³/mol. The van der Waals surface area contributed by atoms with Crippen LogP contribution in [0.2, 0.25) is 0 Å². The number of hydrogen-bond donors (Lipinski definition) is 0. The Labute approximate surface area is 164 Å². The highest BCUT2D eigenvalue weighted by Gasteiger charge is 2.21. The standard InChI is InChI=1S/C25H19N3/c1-4-12-20(13-5-1)27(21-14-6-2-7-15-21)25-26-23-18-10-11-19-24(23)28(25)22-16-8-3-9-17-22/h1-19H. The normalized spacial score (nSPS) is 10.9. The second-order valence-corrected chi connectivity index (χ2v) is 6.58. The molecule has 0 radical (unpaired) electrons. The number of para-hydroxylation sites is 5. The zero-order valence-electron chi connectivity index (χ0n) is 15.3. The van der Waals surface area contributed by atoms with Crippen LogP contribution in [-0.4, -0.2) is 9.55 Å². The lowest BCUT2D eigenvalue weighted by Crippen LogP contribution is -2.15. The topological polar surface area (TPSA) is 21.1 Å². The highest BCUT2D eigenvalue weighted by molar-refractivity contribution is 5.85. The Morgan fingerprint density at radius 3 is 1.64 bits per heavy atom. The van der Waals surface area contributed by atoms with Crippen molar-refractivity contribution in [1.29, 1.82) is 0 Å². The predicted octanol–water partition coefficient (Wildman–Crippen LogP) is 6.50. The molecule has 134 valence electrons. The van der Waals surface area contributed by atoms with Crippen LogP contribution in [0.15, 0.2) is 115 Å². The van der Waals surface area contributed by atoms with Gasteiger partial charge >= 0.3 is 0 Å². The number of rotatable bonds is 4. The minimum absolute atomic E-state index is 0.866. The first-order chi connectivity index (χ1) is 13.9. The van der Waals surface area contributed by atoms with Gasteiger partial charge in [0, 0.05) is 17.1 Å². The lowest BCUT2D eigenvalue weighted by atomic mass is 10.2. The first-order valence-electron chi connectivity index (χ1n) is 9.35. The highest BCUT2D eigenvalue weighted by Crippen LogP contribution is 2.37. The van der Waals surface area contributed by atoms with Gasteiger partial charge in [0.1, 0.15) is 0 Å². The molecule has 0 amide bonds. The summed E-state index contributed by atoms with van der Waals surface area (Å²) in [4.78, 5) is 7.23. The molecule has 28 heavy (non-hydrogen) atoms. The number of nitrogens with zero attached hydrogens (tertiary/aromatic N) is 3. The Balaban J connectivity index is 1.83. The van der Waals surface area contributed by atoms with Gasteiger partial charge in [-0.3, -0.25) is 9.47 Å². The molecule has 4 aromatic carbocycles. The lowest BCUT2D eigenvalue weighted by Gasteiger charge is -2.25. The average Bonchev–Trinajstić information content (AvgIpc) is 3.15. The van der Waals surface area contributed by atoms with E-state index in [0.29, 0.717) is 0 Å². The van der Waals surface area contributed by atoms with Gasteiger partial charge in [0.2, 0.25) is 5.95 Å². The van der Waals surface area contributed by atoms with Crippen molar-refractivity contribution < 1.29 is 0 Å². The maximum Gasteiger partial charge on any atom is 0.220 e. The third-order valence-corrected chi connectivity index (χ3v) is 4.79. The van der Waals surface area contributed by atoms with Crippen LogP contribution in [0.5, 0.6) is 0 Å². The Bertz CT molecular complexity index is 1160. The third-order valence-electron chi connectivity index (χ3n) is 4.79. The lowest BCUT2D eigenvalue weighted by molar-refractivity contribution is 1.04. The second kappa shape index (κ2) is 7.05. The maximum atomic E-state index is 5.03. The Morgan fingerprint density at radius 1 is 0.536 bits per heavy atom. The summed E-state index contributed by atoms with van der Waals surface area (Å²) in [5, 5.41) is 0. The molecule has 0 aliphatic heterocycles. The summed E-state index contributed by atoms with van der Waals surface area (Å²) < 4.78 is 2.22. The molecule has 0 saturated carbocycles. The quantitative estimate of drug-likeness (QED) is 0.364. The molecule has 0 atom stereocenters. The largest absolute Gasteiger partial charge is 0.280 e. The second-order valence-electron chi connectivity index (χ2n) is 6.58. The van der Waals surface area contributed by atoms with Crippen LogP contribution in [0, 0.1) is 0 Å². The van der Waals surface area contributed by atoms with E-state index in [1.807, 2.05) is 24.3 Å². The molecule has 0 bridgehead atoms. The fourth-order valence-corrected chi connectivity index (χ4v) is 3.53. The molecular weight excluding hydrogens is 342 g/mol. The Morgan fingerprint density at radius 2 is 1.04 bits per heavy atom. The molecule has 0 unspecified atom stereocenters. The van der Waals surface area contributed by atoms with E-state index < -0.39 is 0 Å². The van der Waals surface area contributed by atoms with E-state index in [1.54, 1.807) is 0 Å². The van der Waals surface area contributed by atoms with Gasteiger partial charge in [0.25, 0.3) is 0 Å². The van der Waals surface area contributed by atoms with Crippen LogP contribution >= 0.6 is 0 Å². The fourth-order valence-electron chi connectivity index (χ4n) is 3.53. The van der Waals surface area contributed by atoms with Crippen molar-refractivity contribution in [2.75, 3.05) is 4.90 Å². The maximum absolute atomic E-state index is 5.03. The van der Waals surface area contributed by atoms with Crippen LogP contribution in [0.25, 0.3) is 16.7 Å². The Kier molecular flexibility index (Phi) is 4.11. The first-order valence-corrected chi connectivity index (χ1v) is 9.35.